The number of carbonyl (C=O) groups is 2. The monoisotopic (exact) mass is 381 g/mol. The first kappa shape index (κ1) is 20.1. The van der Waals surface area contributed by atoms with Gasteiger partial charge in [0, 0.05) is 5.69 Å². The Morgan fingerprint density at radius 3 is 2.48 bits per heavy atom. The minimum absolute atomic E-state index is 0.0388. The first-order valence-corrected chi connectivity index (χ1v) is 7.85. The van der Waals surface area contributed by atoms with Crippen molar-refractivity contribution in [3.8, 4) is 5.75 Å². The Hall–Kier alpha value is -3.23. The van der Waals surface area contributed by atoms with Crippen molar-refractivity contribution in [1.29, 1.82) is 0 Å². The molecule has 0 fully saturated rings. The third-order valence-electron chi connectivity index (χ3n) is 3.49. The third kappa shape index (κ3) is 5.91. The van der Waals surface area contributed by atoms with E-state index in [1.54, 1.807) is 12.1 Å². The van der Waals surface area contributed by atoms with Gasteiger partial charge in [-0.2, -0.15) is 13.2 Å². The van der Waals surface area contributed by atoms with Crippen LogP contribution in [0.25, 0.3) is 0 Å². The van der Waals surface area contributed by atoms with Gasteiger partial charge in [0.25, 0.3) is 0 Å². The minimum atomic E-state index is -4.51. The second kappa shape index (κ2) is 8.43. The summed E-state index contributed by atoms with van der Waals surface area (Å²) >= 11 is 0. The van der Waals surface area contributed by atoms with E-state index in [4.69, 9.17) is 4.74 Å². The summed E-state index contributed by atoms with van der Waals surface area (Å²) in [5.41, 5.74) is 0.427. The van der Waals surface area contributed by atoms with Crippen LogP contribution >= 0.6 is 0 Å². The number of halogens is 3. The average molecular weight is 381 g/mol. The molecule has 0 aliphatic heterocycles. The van der Waals surface area contributed by atoms with Crippen LogP contribution in [0.4, 0.5) is 29.3 Å². The number of anilines is 2. The summed E-state index contributed by atoms with van der Waals surface area (Å²) in [6, 6.07) is 8.60. The van der Waals surface area contributed by atoms with Crippen LogP contribution in [0.3, 0.4) is 0 Å². The first-order valence-electron chi connectivity index (χ1n) is 7.85. The smallest absolute Gasteiger partial charge is 0.416 e. The lowest BCUT2D eigenvalue weighted by atomic mass is 10.2. The van der Waals surface area contributed by atoms with Gasteiger partial charge < -0.3 is 20.7 Å². The van der Waals surface area contributed by atoms with Crippen molar-refractivity contribution < 1.29 is 27.5 Å². The van der Waals surface area contributed by atoms with Crippen LogP contribution < -0.4 is 20.7 Å². The number of rotatable bonds is 5. The van der Waals surface area contributed by atoms with E-state index in [0.717, 1.165) is 17.7 Å². The van der Waals surface area contributed by atoms with Gasteiger partial charge in [0.1, 0.15) is 5.75 Å². The molecule has 0 heterocycles. The number of nitrogens with one attached hydrogen (secondary N) is 3. The van der Waals surface area contributed by atoms with Crippen LogP contribution in [0.2, 0.25) is 0 Å². The van der Waals surface area contributed by atoms with Gasteiger partial charge in [0.05, 0.1) is 24.9 Å². The summed E-state index contributed by atoms with van der Waals surface area (Å²) in [7, 11) is 1.46. The Balaban J connectivity index is 1.90. The highest BCUT2D eigenvalue weighted by Gasteiger charge is 2.30. The van der Waals surface area contributed by atoms with Crippen molar-refractivity contribution in [3.63, 3.8) is 0 Å². The summed E-state index contributed by atoms with van der Waals surface area (Å²) in [6.07, 6.45) is -4.51. The van der Waals surface area contributed by atoms with Crippen LogP contribution in [-0.2, 0) is 11.0 Å². The maximum absolute atomic E-state index is 12.7. The second-order valence-corrected chi connectivity index (χ2v) is 5.64. The molecule has 144 valence electrons. The maximum atomic E-state index is 12.7. The number of hydrogen-bond donors (Lipinski definition) is 3. The molecule has 2 rings (SSSR count). The van der Waals surface area contributed by atoms with Crippen LogP contribution in [0, 0.1) is 6.92 Å². The van der Waals surface area contributed by atoms with Gasteiger partial charge in [-0.1, -0.05) is 12.1 Å². The molecule has 3 N–H and O–H groups in total. The predicted molar refractivity (Wildman–Crippen MR) is 94.8 cm³/mol. The van der Waals surface area contributed by atoms with Crippen molar-refractivity contribution in [2.45, 2.75) is 13.1 Å². The molecule has 0 spiro atoms. The highest BCUT2D eigenvalue weighted by molar-refractivity contribution is 5.97. The van der Waals surface area contributed by atoms with Gasteiger partial charge in [0.15, 0.2) is 0 Å². The number of urea groups is 1. The second-order valence-electron chi connectivity index (χ2n) is 5.64. The molecule has 0 aromatic heterocycles. The number of amides is 3. The van der Waals surface area contributed by atoms with Crippen molar-refractivity contribution in [3.05, 3.63) is 53.6 Å². The van der Waals surface area contributed by atoms with Crippen molar-refractivity contribution >= 4 is 23.3 Å². The third-order valence-corrected chi connectivity index (χ3v) is 3.49. The summed E-state index contributed by atoms with van der Waals surface area (Å²) in [4.78, 5) is 23.8. The van der Waals surface area contributed by atoms with E-state index >= 15 is 0 Å². The molecular formula is C18H18F3N3O3. The number of hydrogen-bond acceptors (Lipinski definition) is 3. The van der Waals surface area contributed by atoms with Gasteiger partial charge in [-0.15, -0.1) is 0 Å². The highest BCUT2D eigenvalue weighted by atomic mass is 19.4. The molecule has 9 heteroatoms. The molecule has 27 heavy (non-hydrogen) atoms. The number of benzene rings is 2. The predicted octanol–water partition coefficient (Wildman–Crippen LogP) is 3.78. The highest BCUT2D eigenvalue weighted by Crippen LogP contribution is 2.30. The van der Waals surface area contributed by atoms with E-state index in [-0.39, 0.29) is 12.2 Å². The molecule has 0 atom stereocenters. The standard InChI is InChI=1S/C18H18F3N3O3/c1-11-6-7-15(27-2)14(8-11)24-16(25)10-22-17(26)23-13-5-3-4-12(9-13)18(19,20)21/h3-9H,10H2,1-2H3,(H,24,25)(H2,22,23,26). The molecule has 0 saturated carbocycles. The van der Waals surface area contributed by atoms with Gasteiger partial charge in [-0.05, 0) is 42.8 Å². The number of ether oxygens (including phenoxy) is 1. The zero-order valence-corrected chi connectivity index (χ0v) is 14.6. The van der Waals surface area contributed by atoms with E-state index in [1.165, 1.54) is 19.2 Å². The SMILES string of the molecule is COc1ccc(C)cc1NC(=O)CNC(=O)Nc1cccc(C(F)(F)F)c1. The van der Waals surface area contributed by atoms with Crippen LogP contribution in [-0.4, -0.2) is 25.6 Å². The van der Waals surface area contributed by atoms with Gasteiger partial charge in [-0.3, -0.25) is 4.79 Å². The molecular weight excluding hydrogens is 363 g/mol. The number of aryl methyl sites for hydroxylation is 1. The molecule has 2 aromatic carbocycles. The molecule has 0 radical (unpaired) electrons. The lowest BCUT2D eigenvalue weighted by Crippen LogP contribution is -2.35. The molecule has 0 unspecified atom stereocenters. The molecule has 0 bridgehead atoms. The number of alkyl halides is 3. The Kier molecular flexibility index (Phi) is 6.27. The molecule has 2 aromatic rings. The van der Waals surface area contributed by atoms with Crippen molar-refractivity contribution in [2.24, 2.45) is 0 Å². The Morgan fingerprint density at radius 1 is 1.07 bits per heavy atom. The number of carbonyl (C=O) groups excluding carboxylic acids is 2. The summed E-state index contributed by atoms with van der Waals surface area (Å²) in [5, 5.41) is 7.12. The average Bonchev–Trinajstić information content (AvgIpc) is 2.60. The topological polar surface area (TPSA) is 79.5 Å². The van der Waals surface area contributed by atoms with Gasteiger partial charge in [-0.25, -0.2) is 4.79 Å². The van der Waals surface area contributed by atoms with Crippen LogP contribution in [0.5, 0.6) is 5.75 Å². The van der Waals surface area contributed by atoms with Gasteiger partial charge >= 0.3 is 12.2 Å². The molecule has 6 nitrogen and oxygen atoms in total. The fourth-order valence-corrected chi connectivity index (χ4v) is 2.22. The fraction of sp³-hybridized carbons (Fsp3) is 0.222. The zero-order valence-electron chi connectivity index (χ0n) is 14.6. The maximum Gasteiger partial charge on any atom is 0.416 e. The van der Waals surface area contributed by atoms with Crippen molar-refractivity contribution in [1.82, 2.24) is 5.32 Å². The normalized spacial score (nSPS) is 10.9. The van der Waals surface area contributed by atoms with Gasteiger partial charge in [0.2, 0.25) is 5.91 Å². The molecule has 0 aliphatic carbocycles. The van der Waals surface area contributed by atoms with E-state index in [0.29, 0.717) is 11.4 Å². The summed E-state index contributed by atoms with van der Waals surface area (Å²) in [6.45, 7) is 1.47. The Morgan fingerprint density at radius 2 is 1.81 bits per heavy atom. The van der Waals surface area contributed by atoms with Crippen molar-refractivity contribution in [2.75, 3.05) is 24.3 Å². The molecule has 3 amide bonds. The van der Waals surface area contributed by atoms with E-state index < -0.39 is 23.7 Å². The fourth-order valence-electron chi connectivity index (χ4n) is 2.22. The largest absolute Gasteiger partial charge is 0.495 e. The minimum Gasteiger partial charge on any atom is -0.495 e. The lowest BCUT2D eigenvalue weighted by molar-refractivity contribution is -0.137. The summed E-state index contributed by atoms with van der Waals surface area (Å²) < 4.78 is 43.1. The quantitative estimate of drug-likeness (QED) is 0.737. The van der Waals surface area contributed by atoms with E-state index in [2.05, 4.69) is 16.0 Å². The Bertz CT molecular complexity index is 838. The van der Waals surface area contributed by atoms with Crippen LogP contribution in [0.1, 0.15) is 11.1 Å². The number of methoxy groups -OCH3 is 1. The van der Waals surface area contributed by atoms with E-state index in [1.807, 2.05) is 13.0 Å². The molecule has 0 saturated heterocycles. The Labute approximate surface area is 153 Å². The lowest BCUT2D eigenvalue weighted by Gasteiger charge is -2.12. The van der Waals surface area contributed by atoms with Crippen LogP contribution in [0.15, 0.2) is 42.5 Å². The first-order chi connectivity index (χ1) is 12.7. The summed E-state index contributed by atoms with van der Waals surface area (Å²) in [5.74, 6) is -0.0551. The molecule has 0 aliphatic rings. The zero-order chi connectivity index (χ0) is 20.0. The van der Waals surface area contributed by atoms with E-state index in [9.17, 15) is 22.8 Å².